The number of benzene rings is 3. The highest BCUT2D eigenvalue weighted by molar-refractivity contribution is 5.88. The lowest BCUT2D eigenvalue weighted by Gasteiger charge is -2.24. The molecule has 0 saturated heterocycles. The SMILES string of the molecule is CN(Cc1ccccc1)CC(NC(=O)C(F)(F)CNC(=O)OCC1c2ccccc2-c2ccccc21)C(=O)O. The summed E-state index contributed by atoms with van der Waals surface area (Å²) in [6.07, 6.45) is -1.11. The van der Waals surface area contributed by atoms with Crippen molar-refractivity contribution in [3.63, 3.8) is 0 Å². The number of fused-ring (bicyclic) bond motifs is 3. The van der Waals surface area contributed by atoms with E-state index in [0.717, 1.165) is 27.8 Å². The number of ether oxygens (including phenoxy) is 1. The molecule has 2 amide bonds. The van der Waals surface area contributed by atoms with Crippen molar-refractivity contribution in [2.24, 2.45) is 0 Å². The van der Waals surface area contributed by atoms with Crippen LogP contribution >= 0.6 is 0 Å². The summed E-state index contributed by atoms with van der Waals surface area (Å²) in [7, 11) is 1.62. The molecule has 3 N–H and O–H groups in total. The first-order valence-corrected chi connectivity index (χ1v) is 12.4. The zero-order valence-electron chi connectivity index (χ0n) is 21.3. The second kappa shape index (κ2) is 12.0. The molecule has 1 unspecified atom stereocenters. The lowest BCUT2D eigenvalue weighted by molar-refractivity contribution is -0.151. The van der Waals surface area contributed by atoms with Gasteiger partial charge in [-0.1, -0.05) is 78.9 Å². The van der Waals surface area contributed by atoms with Gasteiger partial charge in [0.05, 0.1) is 6.54 Å². The van der Waals surface area contributed by atoms with E-state index in [1.54, 1.807) is 11.9 Å². The van der Waals surface area contributed by atoms with Gasteiger partial charge in [-0.25, -0.2) is 9.59 Å². The number of hydrogen-bond donors (Lipinski definition) is 3. The zero-order chi connectivity index (χ0) is 28.0. The average molecular weight is 538 g/mol. The quantitative estimate of drug-likeness (QED) is 0.343. The second-order valence-corrected chi connectivity index (χ2v) is 9.43. The van der Waals surface area contributed by atoms with E-state index in [1.165, 1.54) is 0 Å². The van der Waals surface area contributed by atoms with E-state index in [-0.39, 0.29) is 19.1 Å². The molecule has 8 nitrogen and oxygen atoms in total. The van der Waals surface area contributed by atoms with Gasteiger partial charge in [0.25, 0.3) is 5.91 Å². The first kappa shape index (κ1) is 27.7. The first-order valence-electron chi connectivity index (χ1n) is 12.4. The third-order valence-electron chi connectivity index (χ3n) is 6.52. The molecule has 0 bridgehead atoms. The molecule has 0 fully saturated rings. The highest BCUT2D eigenvalue weighted by Crippen LogP contribution is 2.44. The Bertz CT molecular complexity index is 1290. The van der Waals surface area contributed by atoms with Gasteiger partial charge in [0.15, 0.2) is 0 Å². The number of nitrogens with one attached hydrogen (secondary N) is 2. The number of rotatable bonds is 11. The normalized spacial score (nSPS) is 13.3. The van der Waals surface area contributed by atoms with E-state index in [4.69, 9.17) is 4.74 Å². The topological polar surface area (TPSA) is 108 Å². The largest absolute Gasteiger partial charge is 0.480 e. The van der Waals surface area contributed by atoms with Crippen LogP contribution < -0.4 is 10.6 Å². The number of likely N-dealkylation sites (N-methyl/N-ethyl adjacent to an activating group) is 1. The van der Waals surface area contributed by atoms with E-state index in [2.05, 4.69) is 0 Å². The highest BCUT2D eigenvalue weighted by atomic mass is 19.3. The second-order valence-electron chi connectivity index (χ2n) is 9.43. The molecule has 3 aromatic rings. The molecule has 0 heterocycles. The van der Waals surface area contributed by atoms with Crippen LogP contribution in [0.5, 0.6) is 0 Å². The lowest BCUT2D eigenvalue weighted by Crippen LogP contribution is -2.55. The molecule has 1 aliphatic rings. The maximum atomic E-state index is 14.5. The van der Waals surface area contributed by atoms with Crippen molar-refractivity contribution in [3.05, 3.63) is 95.6 Å². The fourth-order valence-corrected chi connectivity index (χ4v) is 4.63. The number of nitrogens with zero attached hydrogens (tertiary/aromatic N) is 1. The fraction of sp³-hybridized carbons (Fsp3) is 0.276. The highest BCUT2D eigenvalue weighted by Gasteiger charge is 2.41. The molecule has 3 aromatic carbocycles. The number of carboxylic acids is 1. The van der Waals surface area contributed by atoms with Crippen LogP contribution in [-0.2, 0) is 20.9 Å². The van der Waals surface area contributed by atoms with Crippen molar-refractivity contribution in [1.82, 2.24) is 15.5 Å². The van der Waals surface area contributed by atoms with Gasteiger partial charge in [-0.2, -0.15) is 8.78 Å². The summed E-state index contributed by atoms with van der Waals surface area (Å²) in [6.45, 7) is -1.26. The van der Waals surface area contributed by atoms with Gasteiger partial charge in [-0.15, -0.1) is 0 Å². The first-order chi connectivity index (χ1) is 18.7. The van der Waals surface area contributed by atoms with Gasteiger partial charge < -0.3 is 20.5 Å². The van der Waals surface area contributed by atoms with Gasteiger partial charge in [0, 0.05) is 19.0 Å². The number of carboxylic acid groups (broad SMARTS) is 1. The van der Waals surface area contributed by atoms with Crippen LogP contribution in [0.15, 0.2) is 78.9 Å². The summed E-state index contributed by atoms with van der Waals surface area (Å²) >= 11 is 0. The smallest absolute Gasteiger partial charge is 0.407 e. The Balaban J connectivity index is 1.28. The molecule has 0 spiro atoms. The fourth-order valence-electron chi connectivity index (χ4n) is 4.63. The Hall–Kier alpha value is -4.31. The van der Waals surface area contributed by atoms with E-state index >= 15 is 0 Å². The van der Waals surface area contributed by atoms with E-state index in [9.17, 15) is 28.3 Å². The van der Waals surface area contributed by atoms with E-state index in [1.807, 2.05) is 89.5 Å². The van der Waals surface area contributed by atoms with Crippen LogP contribution in [0.3, 0.4) is 0 Å². The Morgan fingerprint density at radius 2 is 1.51 bits per heavy atom. The number of hydrogen-bond acceptors (Lipinski definition) is 5. The average Bonchev–Trinajstić information content (AvgIpc) is 3.24. The standard InChI is InChI=1S/C29H29F2N3O5/c1-34(15-19-9-3-2-4-10-19)16-25(26(35)36)33-27(37)29(30,31)18-32-28(38)39-17-24-22-13-7-5-11-20(22)21-12-6-8-14-23(21)24/h2-14,24-25H,15-18H2,1H3,(H,32,38)(H,33,37)(H,35,36). The molecular weight excluding hydrogens is 508 g/mol. The van der Waals surface area contributed by atoms with Crippen molar-refractivity contribution >= 4 is 18.0 Å². The predicted octanol–water partition coefficient (Wildman–Crippen LogP) is 3.86. The van der Waals surface area contributed by atoms with Crippen molar-refractivity contribution in [2.45, 2.75) is 24.4 Å². The molecule has 0 radical (unpaired) electrons. The van der Waals surface area contributed by atoms with Gasteiger partial charge in [-0.3, -0.25) is 9.69 Å². The number of halogens is 2. The minimum absolute atomic E-state index is 0.0769. The molecule has 204 valence electrons. The molecule has 10 heteroatoms. The Morgan fingerprint density at radius 3 is 2.10 bits per heavy atom. The monoisotopic (exact) mass is 537 g/mol. The third-order valence-corrected chi connectivity index (χ3v) is 6.52. The van der Waals surface area contributed by atoms with E-state index in [0.29, 0.717) is 6.54 Å². The Labute approximate surface area is 224 Å². The zero-order valence-corrected chi connectivity index (χ0v) is 21.3. The number of alkyl carbamates (subject to hydrolysis) is 1. The van der Waals surface area contributed by atoms with Crippen molar-refractivity contribution in [3.8, 4) is 11.1 Å². The number of aliphatic carboxylic acids is 1. The van der Waals surface area contributed by atoms with Crippen molar-refractivity contribution in [1.29, 1.82) is 0 Å². The summed E-state index contributed by atoms with van der Waals surface area (Å²) in [4.78, 5) is 37.7. The van der Waals surface area contributed by atoms with Gasteiger partial charge >= 0.3 is 18.0 Å². The molecule has 0 aliphatic heterocycles. The van der Waals surface area contributed by atoms with Crippen molar-refractivity contribution in [2.75, 3.05) is 26.7 Å². The van der Waals surface area contributed by atoms with Crippen LogP contribution in [0.25, 0.3) is 11.1 Å². The molecule has 0 saturated carbocycles. The maximum absolute atomic E-state index is 14.5. The van der Waals surface area contributed by atoms with Gasteiger partial charge in [0.1, 0.15) is 12.6 Å². The minimum atomic E-state index is -4.06. The van der Waals surface area contributed by atoms with Crippen LogP contribution in [0.1, 0.15) is 22.6 Å². The number of alkyl halides is 2. The molecule has 39 heavy (non-hydrogen) atoms. The number of amides is 2. The summed E-state index contributed by atoms with van der Waals surface area (Å²) in [5.41, 5.74) is 4.87. The van der Waals surface area contributed by atoms with Crippen molar-refractivity contribution < 1.29 is 33.0 Å². The molecule has 1 aliphatic carbocycles. The van der Waals surface area contributed by atoms with Crippen LogP contribution in [-0.4, -0.2) is 66.7 Å². The van der Waals surface area contributed by atoms with Crippen LogP contribution in [0.2, 0.25) is 0 Å². The Morgan fingerprint density at radius 1 is 0.949 bits per heavy atom. The summed E-state index contributed by atoms with van der Waals surface area (Å²) in [6, 6.07) is 23.0. The van der Waals surface area contributed by atoms with Crippen LogP contribution in [0, 0.1) is 0 Å². The van der Waals surface area contributed by atoms with E-state index < -0.39 is 36.5 Å². The number of carbonyl (C=O) groups excluding carboxylic acids is 2. The van der Waals surface area contributed by atoms with Crippen LogP contribution in [0.4, 0.5) is 13.6 Å². The predicted molar refractivity (Wildman–Crippen MR) is 140 cm³/mol. The molecule has 1 atom stereocenters. The summed E-state index contributed by atoms with van der Waals surface area (Å²) in [5.74, 6) is -7.57. The summed E-state index contributed by atoms with van der Waals surface area (Å²) < 4.78 is 34.3. The lowest BCUT2D eigenvalue weighted by atomic mass is 9.98. The Kier molecular flexibility index (Phi) is 8.55. The maximum Gasteiger partial charge on any atom is 0.407 e. The summed E-state index contributed by atoms with van der Waals surface area (Å²) in [5, 5.41) is 13.3. The molecular formula is C29H29F2N3O5. The molecule has 4 rings (SSSR count). The van der Waals surface area contributed by atoms with Gasteiger partial charge in [0.2, 0.25) is 0 Å². The van der Waals surface area contributed by atoms with Gasteiger partial charge in [-0.05, 0) is 34.9 Å². The number of carbonyl (C=O) groups is 3. The third kappa shape index (κ3) is 6.77. The minimum Gasteiger partial charge on any atom is -0.480 e. The molecule has 0 aromatic heterocycles.